The van der Waals surface area contributed by atoms with Gasteiger partial charge in [0.25, 0.3) is 0 Å². The molecule has 0 N–H and O–H groups in total. The van der Waals surface area contributed by atoms with Crippen LogP contribution < -0.4 is 0 Å². The first-order chi connectivity index (χ1) is 8.60. The number of halogens is 2. The Kier molecular flexibility index (Phi) is 3.80. The fourth-order valence-electron chi connectivity index (χ4n) is 1.32. The number of pyridine rings is 1. The Bertz CT molecular complexity index is 605. The van der Waals surface area contributed by atoms with Gasteiger partial charge < -0.3 is 4.52 Å². The Hall–Kier alpha value is -1.64. The summed E-state index contributed by atoms with van der Waals surface area (Å²) < 4.78 is 5.03. The van der Waals surface area contributed by atoms with Gasteiger partial charge in [-0.1, -0.05) is 28.4 Å². The van der Waals surface area contributed by atoms with E-state index in [-0.39, 0.29) is 11.7 Å². The second kappa shape index (κ2) is 5.34. The van der Waals surface area contributed by atoms with Gasteiger partial charge in [-0.15, -0.1) is 0 Å². The average molecular weight is 283 g/mol. The first-order valence-electron chi connectivity index (χ1n) is 5.13. The van der Waals surface area contributed by atoms with Crippen LogP contribution in [0.5, 0.6) is 0 Å². The third-order valence-electron chi connectivity index (χ3n) is 2.19. The highest BCUT2D eigenvalue weighted by Crippen LogP contribution is 2.25. The minimum absolute atomic E-state index is 0.188. The van der Waals surface area contributed by atoms with Gasteiger partial charge in [-0.2, -0.15) is 10.2 Å². The van der Waals surface area contributed by atoms with Crippen molar-refractivity contribution in [1.82, 2.24) is 15.1 Å². The van der Waals surface area contributed by atoms with E-state index >= 15 is 0 Å². The van der Waals surface area contributed by atoms with E-state index in [9.17, 15) is 0 Å². The molecule has 1 unspecified atom stereocenters. The van der Waals surface area contributed by atoms with Crippen LogP contribution in [0.4, 0.5) is 0 Å². The van der Waals surface area contributed by atoms with Crippen molar-refractivity contribution in [3.63, 3.8) is 0 Å². The number of nitrogens with zero attached hydrogens (tertiary/aromatic N) is 4. The first kappa shape index (κ1) is 12.8. The number of hydrogen-bond donors (Lipinski definition) is 0. The maximum Gasteiger partial charge on any atom is 0.228 e. The number of rotatable bonds is 3. The number of hydrogen-bond acceptors (Lipinski definition) is 5. The summed E-state index contributed by atoms with van der Waals surface area (Å²) in [7, 11) is 0. The second-order valence-electron chi connectivity index (χ2n) is 3.73. The van der Waals surface area contributed by atoms with Crippen molar-refractivity contribution in [2.24, 2.45) is 5.92 Å². The molecular weight excluding hydrogens is 275 g/mol. The SMILES string of the molecule is CC(C#N)Cc1nc(-c2ncc(Cl)cc2Cl)no1. The van der Waals surface area contributed by atoms with E-state index in [1.165, 1.54) is 6.20 Å². The molecule has 2 rings (SSSR count). The molecule has 0 radical (unpaired) electrons. The zero-order chi connectivity index (χ0) is 13.1. The van der Waals surface area contributed by atoms with Gasteiger partial charge in [-0.25, -0.2) is 4.98 Å². The lowest BCUT2D eigenvalue weighted by atomic mass is 10.1. The van der Waals surface area contributed by atoms with Crippen molar-refractivity contribution in [2.45, 2.75) is 13.3 Å². The fourth-order valence-corrected chi connectivity index (χ4v) is 1.79. The molecule has 1 atom stereocenters. The van der Waals surface area contributed by atoms with Crippen molar-refractivity contribution < 1.29 is 4.52 Å². The molecule has 2 heterocycles. The molecule has 92 valence electrons. The molecule has 0 aliphatic rings. The molecule has 0 aliphatic heterocycles. The summed E-state index contributed by atoms with van der Waals surface area (Å²) >= 11 is 11.7. The summed E-state index contributed by atoms with van der Waals surface area (Å²) in [6, 6.07) is 3.65. The second-order valence-corrected chi connectivity index (χ2v) is 4.57. The lowest BCUT2D eigenvalue weighted by molar-refractivity contribution is 0.369. The van der Waals surface area contributed by atoms with E-state index in [0.717, 1.165) is 0 Å². The molecule has 0 fully saturated rings. The molecule has 2 aromatic rings. The molecule has 0 aliphatic carbocycles. The Morgan fingerprint density at radius 1 is 1.50 bits per heavy atom. The highest BCUT2D eigenvalue weighted by atomic mass is 35.5. The largest absolute Gasteiger partial charge is 0.339 e. The fraction of sp³-hybridized carbons (Fsp3) is 0.273. The van der Waals surface area contributed by atoms with Crippen LogP contribution in [-0.4, -0.2) is 15.1 Å². The van der Waals surface area contributed by atoms with Crippen LogP contribution in [0.3, 0.4) is 0 Å². The van der Waals surface area contributed by atoms with E-state index in [4.69, 9.17) is 33.0 Å². The lowest BCUT2D eigenvalue weighted by Crippen LogP contribution is -1.96. The summed E-state index contributed by atoms with van der Waals surface area (Å²) in [4.78, 5) is 8.19. The van der Waals surface area contributed by atoms with Crippen LogP contribution in [0.25, 0.3) is 11.5 Å². The minimum atomic E-state index is -0.188. The molecule has 7 heteroatoms. The highest BCUT2D eigenvalue weighted by molar-refractivity contribution is 6.35. The standard InChI is InChI=1S/C11H8Cl2N4O/c1-6(4-14)2-9-16-11(17-18-9)10-8(13)3-7(12)5-15-10/h3,5-6H,2H2,1H3. The number of nitriles is 1. The van der Waals surface area contributed by atoms with Gasteiger partial charge in [0.15, 0.2) is 0 Å². The van der Waals surface area contributed by atoms with Crippen LogP contribution in [0.2, 0.25) is 10.0 Å². The Balaban J connectivity index is 2.27. The molecule has 0 saturated carbocycles. The van der Waals surface area contributed by atoms with Crippen LogP contribution in [0.15, 0.2) is 16.8 Å². The maximum absolute atomic E-state index is 8.71. The molecule has 5 nitrogen and oxygen atoms in total. The van der Waals surface area contributed by atoms with Crippen molar-refractivity contribution in [3.05, 3.63) is 28.2 Å². The van der Waals surface area contributed by atoms with Gasteiger partial charge in [0.2, 0.25) is 11.7 Å². The normalized spacial score (nSPS) is 12.1. The molecule has 2 aromatic heterocycles. The predicted octanol–water partition coefficient (Wildman–Crippen LogP) is 3.14. The molecule has 18 heavy (non-hydrogen) atoms. The zero-order valence-corrected chi connectivity index (χ0v) is 10.9. The van der Waals surface area contributed by atoms with E-state index in [2.05, 4.69) is 21.2 Å². The Morgan fingerprint density at radius 3 is 2.94 bits per heavy atom. The van der Waals surface area contributed by atoms with Crippen LogP contribution in [0.1, 0.15) is 12.8 Å². The molecule has 0 saturated heterocycles. The third-order valence-corrected chi connectivity index (χ3v) is 2.68. The van der Waals surface area contributed by atoms with E-state index in [0.29, 0.717) is 28.1 Å². The monoisotopic (exact) mass is 282 g/mol. The van der Waals surface area contributed by atoms with Crippen molar-refractivity contribution in [1.29, 1.82) is 5.26 Å². The van der Waals surface area contributed by atoms with Crippen molar-refractivity contribution in [2.75, 3.05) is 0 Å². The van der Waals surface area contributed by atoms with Gasteiger partial charge in [0.05, 0.1) is 22.0 Å². The lowest BCUT2D eigenvalue weighted by Gasteiger charge is -1.97. The highest BCUT2D eigenvalue weighted by Gasteiger charge is 2.15. The van der Waals surface area contributed by atoms with Crippen molar-refractivity contribution in [3.8, 4) is 17.6 Å². The zero-order valence-electron chi connectivity index (χ0n) is 9.39. The smallest absolute Gasteiger partial charge is 0.228 e. The molecule has 0 spiro atoms. The van der Waals surface area contributed by atoms with Gasteiger partial charge in [0.1, 0.15) is 5.69 Å². The van der Waals surface area contributed by atoms with Gasteiger partial charge in [0, 0.05) is 12.6 Å². The third kappa shape index (κ3) is 2.78. The molecule has 0 amide bonds. The van der Waals surface area contributed by atoms with E-state index < -0.39 is 0 Å². The van der Waals surface area contributed by atoms with Crippen LogP contribution >= 0.6 is 23.2 Å². The maximum atomic E-state index is 8.71. The summed E-state index contributed by atoms with van der Waals surface area (Å²) in [5.41, 5.74) is 0.403. The average Bonchev–Trinajstić information content (AvgIpc) is 2.77. The van der Waals surface area contributed by atoms with Gasteiger partial charge >= 0.3 is 0 Å². The molecule has 0 aromatic carbocycles. The van der Waals surface area contributed by atoms with E-state index in [1.54, 1.807) is 13.0 Å². The number of aromatic nitrogens is 3. The van der Waals surface area contributed by atoms with Crippen molar-refractivity contribution >= 4 is 23.2 Å². The summed E-state index contributed by atoms with van der Waals surface area (Å²) in [5.74, 6) is 0.482. The van der Waals surface area contributed by atoms with Gasteiger partial charge in [-0.3, -0.25) is 0 Å². The minimum Gasteiger partial charge on any atom is -0.339 e. The Morgan fingerprint density at radius 2 is 2.28 bits per heavy atom. The molecule has 0 bridgehead atoms. The summed E-state index contributed by atoms with van der Waals surface area (Å²) in [5, 5.41) is 13.3. The van der Waals surface area contributed by atoms with Crippen LogP contribution in [-0.2, 0) is 6.42 Å². The topological polar surface area (TPSA) is 75.6 Å². The van der Waals surface area contributed by atoms with Gasteiger partial charge in [-0.05, 0) is 13.0 Å². The summed E-state index contributed by atoms with van der Waals surface area (Å²) in [6.07, 6.45) is 1.85. The first-order valence-corrected chi connectivity index (χ1v) is 5.89. The van der Waals surface area contributed by atoms with E-state index in [1.807, 2.05) is 0 Å². The quantitative estimate of drug-likeness (QED) is 0.864. The summed E-state index contributed by atoms with van der Waals surface area (Å²) in [6.45, 7) is 1.78. The predicted molar refractivity (Wildman–Crippen MR) is 66.0 cm³/mol. The van der Waals surface area contributed by atoms with Crippen LogP contribution in [0, 0.1) is 17.2 Å². The Labute approximate surface area is 113 Å². The molecular formula is C11H8Cl2N4O.